The van der Waals surface area contributed by atoms with Crippen LogP contribution in [0.15, 0.2) is 17.1 Å². The largest absolute Gasteiger partial charge is 0.390 e. The topological polar surface area (TPSA) is 121 Å². The van der Waals surface area contributed by atoms with Gasteiger partial charge in [-0.15, -0.1) is 5.10 Å². The lowest BCUT2D eigenvalue weighted by molar-refractivity contribution is -0.389. The van der Waals surface area contributed by atoms with Crippen molar-refractivity contribution in [2.45, 2.75) is 57.5 Å². The third-order valence-corrected chi connectivity index (χ3v) is 7.59. The van der Waals surface area contributed by atoms with E-state index in [0.717, 1.165) is 32.1 Å². The maximum absolute atomic E-state index is 13.4. The van der Waals surface area contributed by atoms with Gasteiger partial charge in [-0.2, -0.15) is 4.68 Å². The van der Waals surface area contributed by atoms with E-state index in [1.54, 1.807) is 17.9 Å². The van der Waals surface area contributed by atoms with Gasteiger partial charge < -0.3 is 15.4 Å². The molecule has 0 aromatic carbocycles. The van der Waals surface area contributed by atoms with Crippen LogP contribution in [-0.2, 0) is 16.9 Å². The average molecular weight is 478 g/mol. The van der Waals surface area contributed by atoms with Crippen LogP contribution in [-0.4, -0.2) is 41.9 Å². The summed E-state index contributed by atoms with van der Waals surface area (Å²) in [5.41, 5.74) is 0.217. The van der Waals surface area contributed by atoms with Gasteiger partial charge in [-0.3, -0.25) is 4.79 Å². The van der Waals surface area contributed by atoms with Gasteiger partial charge in [0.2, 0.25) is 10.6 Å². The maximum Gasteiger partial charge on any atom is 0.390 e. The molecule has 11 heteroatoms. The van der Waals surface area contributed by atoms with Crippen LogP contribution in [0.4, 0.5) is 5.82 Å². The van der Waals surface area contributed by atoms with Crippen LogP contribution in [0.1, 0.15) is 44.2 Å². The fraction of sp³-hybridized carbons (Fsp3) is 0.684. The number of nitrogens with zero attached hydrogens (tertiary/aromatic N) is 6. The molecule has 10 nitrogen and oxygen atoms in total. The molecular formula is C19H24BrN7O3. The van der Waals surface area contributed by atoms with Crippen LogP contribution in [0.5, 0.6) is 0 Å². The van der Waals surface area contributed by atoms with Crippen molar-refractivity contribution < 1.29 is 9.72 Å². The van der Waals surface area contributed by atoms with Crippen molar-refractivity contribution in [2.24, 2.45) is 17.3 Å². The van der Waals surface area contributed by atoms with Gasteiger partial charge in [-0.25, -0.2) is 9.67 Å². The normalized spacial score (nSPS) is 31.8. The highest BCUT2D eigenvalue weighted by atomic mass is 79.9. The minimum Gasteiger partial charge on any atom is -0.358 e. The van der Waals surface area contributed by atoms with Crippen LogP contribution >= 0.6 is 15.9 Å². The highest BCUT2D eigenvalue weighted by Crippen LogP contribution is 2.64. The molecule has 0 saturated heterocycles. The molecule has 2 atom stereocenters. The van der Waals surface area contributed by atoms with Gasteiger partial charge in [0.05, 0.1) is 34.4 Å². The Morgan fingerprint density at radius 3 is 2.67 bits per heavy atom. The van der Waals surface area contributed by atoms with E-state index in [1.807, 2.05) is 4.68 Å². The summed E-state index contributed by atoms with van der Waals surface area (Å²) < 4.78 is 4.15. The highest BCUT2D eigenvalue weighted by molar-refractivity contribution is 9.10. The molecule has 160 valence electrons. The Kier molecular flexibility index (Phi) is 4.49. The van der Waals surface area contributed by atoms with Gasteiger partial charge in [-0.1, -0.05) is 0 Å². The number of nitro groups is 1. The zero-order chi connectivity index (χ0) is 21.1. The number of halogens is 1. The maximum atomic E-state index is 13.4. The molecule has 2 aromatic rings. The van der Waals surface area contributed by atoms with E-state index < -0.39 is 4.92 Å². The molecule has 4 fully saturated rings. The zero-order valence-electron chi connectivity index (χ0n) is 16.8. The number of hydrogen-bond acceptors (Lipinski definition) is 6. The third-order valence-electron chi connectivity index (χ3n) is 7.23. The van der Waals surface area contributed by atoms with Crippen LogP contribution in [0.25, 0.3) is 0 Å². The molecule has 2 unspecified atom stereocenters. The summed E-state index contributed by atoms with van der Waals surface area (Å²) in [6.07, 6.45) is 7.76. The van der Waals surface area contributed by atoms with E-state index in [9.17, 15) is 14.9 Å². The minimum atomic E-state index is -0.501. The Morgan fingerprint density at radius 2 is 2.07 bits per heavy atom. The van der Waals surface area contributed by atoms with Crippen molar-refractivity contribution in [2.75, 3.05) is 6.54 Å². The van der Waals surface area contributed by atoms with Gasteiger partial charge in [-0.05, 0) is 78.1 Å². The van der Waals surface area contributed by atoms with Crippen LogP contribution in [0.3, 0.4) is 0 Å². The van der Waals surface area contributed by atoms with Gasteiger partial charge in [0.15, 0.2) is 0 Å². The third kappa shape index (κ3) is 3.14. The number of carbonyl (C=O) groups is 1. The number of carbonyl (C=O) groups excluding carboxylic acids is 1. The van der Waals surface area contributed by atoms with Gasteiger partial charge >= 0.3 is 5.82 Å². The quantitative estimate of drug-likeness (QED) is 0.503. The number of aryl methyl sites for hydroxylation is 1. The summed E-state index contributed by atoms with van der Waals surface area (Å²) in [6.45, 7) is 2.59. The lowest BCUT2D eigenvalue weighted by atomic mass is 9.46. The van der Waals surface area contributed by atoms with Crippen molar-refractivity contribution in [1.82, 2.24) is 29.9 Å². The fourth-order valence-corrected chi connectivity index (χ4v) is 6.75. The molecule has 0 radical (unpaired) electrons. The molecular weight excluding hydrogens is 454 g/mol. The molecule has 4 aliphatic rings. The first-order valence-electron chi connectivity index (χ1n) is 10.3. The Hall–Kier alpha value is -2.30. The summed E-state index contributed by atoms with van der Waals surface area (Å²) in [7, 11) is 0. The van der Waals surface area contributed by atoms with Crippen molar-refractivity contribution in [3.63, 3.8) is 0 Å². The summed E-state index contributed by atoms with van der Waals surface area (Å²) in [5, 5.41) is 22.5. The highest BCUT2D eigenvalue weighted by Gasteiger charge is 2.61. The fourth-order valence-electron chi connectivity index (χ4n) is 6.49. The number of amides is 1. The number of rotatable bonds is 6. The Labute approximate surface area is 181 Å². The molecule has 6 rings (SSSR count). The van der Waals surface area contributed by atoms with E-state index in [4.69, 9.17) is 0 Å². The van der Waals surface area contributed by atoms with Crippen LogP contribution in [0, 0.1) is 34.3 Å². The predicted octanol–water partition coefficient (Wildman–Crippen LogP) is 2.57. The molecule has 2 heterocycles. The van der Waals surface area contributed by atoms with Crippen LogP contribution < -0.4 is 5.32 Å². The Bertz CT molecular complexity index is 1000. The molecule has 4 saturated carbocycles. The van der Waals surface area contributed by atoms with Crippen molar-refractivity contribution in [1.29, 1.82) is 0 Å². The average Bonchev–Trinajstić information content (AvgIpc) is 3.27. The first kappa shape index (κ1) is 19.7. The van der Waals surface area contributed by atoms with E-state index in [0.29, 0.717) is 35.4 Å². The second-order valence-electron chi connectivity index (χ2n) is 9.30. The zero-order valence-corrected chi connectivity index (χ0v) is 18.3. The molecule has 0 spiro atoms. The molecule has 1 N–H and O–H groups in total. The summed E-state index contributed by atoms with van der Waals surface area (Å²) in [6, 6.07) is 1.45. The van der Waals surface area contributed by atoms with E-state index in [2.05, 4.69) is 36.4 Å². The predicted molar refractivity (Wildman–Crippen MR) is 109 cm³/mol. The number of nitrogens with one attached hydrogen (secondary N) is 1. The first-order chi connectivity index (χ1) is 14.3. The van der Waals surface area contributed by atoms with Crippen LogP contribution in [0.2, 0.25) is 0 Å². The molecule has 2 aromatic heterocycles. The second-order valence-corrected chi connectivity index (χ2v) is 10.0. The Balaban J connectivity index is 1.30. The monoisotopic (exact) mass is 477 g/mol. The smallest absolute Gasteiger partial charge is 0.358 e. The minimum absolute atomic E-state index is 0.0967. The molecule has 4 bridgehead atoms. The standard InChI is InChI=1S/C19H24BrN7O3/c1-12-4-15(27(29)30)23-25(12)3-2-21-16(28)18-6-13-5-14(7-18)9-19(8-13,10-18)26-11-22-17(20)24-26/h4,11,13-14H,2-3,5-10H2,1H3,(H,21,28). The molecule has 30 heavy (non-hydrogen) atoms. The second kappa shape index (κ2) is 6.86. The van der Waals surface area contributed by atoms with E-state index in [1.165, 1.54) is 12.5 Å². The molecule has 0 aliphatic heterocycles. The van der Waals surface area contributed by atoms with Crippen molar-refractivity contribution >= 4 is 27.7 Å². The van der Waals surface area contributed by atoms with Crippen molar-refractivity contribution in [3.8, 4) is 0 Å². The SMILES string of the molecule is Cc1cc([N+](=O)[O-])nn1CCNC(=O)C12CC3CC(C1)CC(n1cnc(Br)n1)(C3)C2. The van der Waals surface area contributed by atoms with Gasteiger partial charge in [0, 0.05) is 6.54 Å². The summed E-state index contributed by atoms with van der Waals surface area (Å²) in [5.74, 6) is 1.01. The Morgan fingerprint density at radius 1 is 1.33 bits per heavy atom. The number of aromatic nitrogens is 5. The van der Waals surface area contributed by atoms with Crippen molar-refractivity contribution in [3.05, 3.63) is 32.9 Å². The van der Waals surface area contributed by atoms with Gasteiger partial charge in [0.25, 0.3) is 0 Å². The first-order valence-corrected chi connectivity index (χ1v) is 11.1. The molecule has 4 aliphatic carbocycles. The van der Waals surface area contributed by atoms with E-state index >= 15 is 0 Å². The summed E-state index contributed by atoms with van der Waals surface area (Å²) in [4.78, 5) is 28.0. The van der Waals surface area contributed by atoms with Gasteiger partial charge in [0.1, 0.15) is 6.33 Å². The number of hydrogen-bond donors (Lipinski definition) is 1. The summed E-state index contributed by atoms with van der Waals surface area (Å²) >= 11 is 3.35. The molecule has 1 amide bonds. The lowest BCUT2D eigenvalue weighted by Gasteiger charge is -2.60. The van der Waals surface area contributed by atoms with E-state index in [-0.39, 0.29) is 22.7 Å². The lowest BCUT2D eigenvalue weighted by Crippen LogP contribution is -2.61.